The first kappa shape index (κ1) is 18.4. The highest BCUT2D eigenvalue weighted by atomic mass is 32.2. The molecule has 2 aromatic carbocycles. The molecule has 0 spiro atoms. The number of furan rings is 1. The fourth-order valence-corrected chi connectivity index (χ4v) is 3.52. The lowest BCUT2D eigenvalue weighted by Crippen LogP contribution is -2.27. The Hall–Kier alpha value is -2.40. The molecule has 0 saturated carbocycles. The Morgan fingerprint density at radius 3 is 2.77 bits per heavy atom. The fraction of sp³-hybridized carbons (Fsp3) is 0.286. The number of benzene rings is 2. The minimum absolute atomic E-state index is 0.0134. The first-order valence-electron chi connectivity index (χ1n) is 8.60. The van der Waals surface area contributed by atoms with Gasteiger partial charge in [-0.05, 0) is 24.6 Å². The molecule has 5 heteroatoms. The number of fused-ring (bicyclic) bond motifs is 1. The third-order valence-corrected chi connectivity index (χ3v) is 5.20. The average Bonchev–Trinajstić information content (AvgIpc) is 3.05. The van der Waals surface area contributed by atoms with E-state index in [1.165, 1.54) is 11.1 Å². The SMILES string of the molecule is COc1ccc2c(CC(=O)NCCSCc3ccc(C)cc3)coc2c1. The van der Waals surface area contributed by atoms with Crippen molar-refractivity contribution in [2.45, 2.75) is 19.1 Å². The summed E-state index contributed by atoms with van der Waals surface area (Å²) in [5.41, 5.74) is 4.22. The second-order valence-electron chi connectivity index (χ2n) is 6.19. The molecule has 136 valence electrons. The minimum Gasteiger partial charge on any atom is -0.497 e. The summed E-state index contributed by atoms with van der Waals surface area (Å²) in [6.07, 6.45) is 1.97. The van der Waals surface area contributed by atoms with Gasteiger partial charge in [-0.3, -0.25) is 4.79 Å². The maximum Gasteiger partial charge on any atom is 0.224 e. The molecule has 1 N–H and O–H groups in total. The van der Waals surface area contributed by atoms with E-state index in [2.05, 4.69) is 36.5 Å². The zero-order valence-electron chi connectivity index (χ0n) is 15.1. The van der Waals surface area contributed by atoms with Crippen LogP contribution in [0, 0.1) is 6.92 Å². The van der Waals surface area contributed by atoms with Gasteiger partial charge in [-0.1, -0.05) is 29.8 Å². The summed E-state index contributed by atoms with van der Waals surface area (Å²) in [5.74, 6) is 2.61. The summed E-state index contributed by atoms with van der Waals surface area (Å²) in [4.78, 5) is 12.2. The van der Waals surface area contributed by atoms with Crippen LogP contribution in [-0.2, 0) is 17.0 Å². The molecule has 0 fully saturated rings. The number of thioether (sulfide) groups is 1. The molecule has 3 aromatic rings. The molecule has 0 aliphatic heterocycles. The predicted molar refractivity (Wildman–Crippen MR) is 107 cm³/mol. The highest BCUT2D eigenvalue weighted by Gasteiger charge is 2.11. The van der Waals surface area contributed by atoms with Crippen LogP contribution in [0.2, 0.25) is 0 Å². The summed E-state index contributed by atoms with van der Waals surface area (Å²) in [6.45, 7) is 2.76. The monoisotopic (exact) mass is 369 g/mol. The smallest absolute Gasteiger partial charge is 0.224 e. The van der Waals surface area contributed by atoms with E-state index < -0.39 is 0 Å². The molecule has 0 atom stereocenters. The van der Waals surface area contributed by atoms with Gasteiger partial charge in [-0.15, -0.1) is 0 Å². The minimum atomic E-state index is 0.0134. The largest absolute Gasteiger partial charge is 0.497 e. The van der Waals surface area contributed by atoms with Crippen molar-refractivity contribution in [3.8, 4) is 5.75 Å². The molecule has 0 radical (unpaired) electrons. The number of carbonyl (C=O) groups is 1. The van der Waals surface area contributed by atoms with Gasteiger partial charge in [0.1, 0.15) is 11.3 Å². The third-order valence-electron chi connectivity index (χ3n) is 4.17. The summed E-state index contributed by atoms with van der Waals surface area (Å²) < 4.78 is 10.7. The lowest BCUT2D eigenvalue weighted by molar-refractivity contribution is -0.120. The molecule has 0 unspecified atom stereocenters. The Bertz CT molecular complexity index is 871. The Kier molecular flexibility index (Phi) is 6.23. The van der Waals surface area contributed by atoms with Crippen LogP contribution in [0.4, 0.5) is 0 Å². The van der Waals surface area contributed by atoms with Gasteiger partial charge in [0.15, 0.2) is 0 Å². The Morgan fingerprint density at radius 1 is 1.19 bits per heavy atom. The van der Waals surface area contributed by atoms with E-state index in [0.29, 0.717) is 13.0 Å². The summed E-state index contributed by atoms with van der Waals surface area (Å²) in [6, 6.07) is 14.2. The van der Waals surface area contributed by atoms with Crippen molar-refractivity contribution < 1.29 is 13.9 Å². The zero-order chi connectivity index (χ0) is 18.4. The average molecular weight is 369 g/mol. The molecule has 1 heterocycles. The Morgan fingerprint density at radius 2 is 2.00 bits per heavy atom. The summed E-state index contributed by atoms with van der Waals surface area (Å²) in [5, 5.41) is 3.93. The fourth-order valence-electron chi connectivity index (χ4n) is 2.70. The van der Waals surface area contributed by atoms with Gasteiger partial charge in [-0.25, -0.2) is 0 Å². The van der Waals surface area contributed by atoms with Crippen LogP contribution in [0.3, 0.4) is 0 Å². The second kappa shape index (κ2) is 8.81. The number of amides is 1. The van der Waals surface area contributed by atoms with Gasteiger partial charge in [0, 0.05) is 35.1 Å². The van der Waals surface area contributed by atoms with Gasteiger partial charge in [0.05, 0.1) is 19.8 Å². The maximum atomic E-state index is 12.2. The molecule has 0 aliphatic carbocycles. The lowest BCUT2D eigenvalue weighted by Gasteiger charge is -2.05. The Balaban J connectivity index is 1.42. The molecule has 3 rings (SSSR count). The zero-order valence-corrected chi connectivity index (χ0v) is 15.9. The molecule has 4 nitrogen and oxygen atoms in total. The maximum absolute atomic E-state index is 12.2. The summed E-state index contributed by atoms with van der Waals surface area (Å²) >= 11 is 1.82. The standard InChI is InChI=1S/C21H23NO3S/c1-15-3-5-16(6-4-15)14-26-10-9-22-21(23)11-17-13-25-20-12-18(24-2)7-8-19(17)20/h3-8,12-13H,9-11,14H2,1-2H3,(H,22,23). The van der Waals surface area contributed by atoms with Crippen LogP contribution < -0.4 is 10.1 Å². The molecular weight excluding hydrogens is 346 g/mol. The van der Waals surface area contributed by atoms with E-state index in [4.69, 9.17) is 9.15 Å². The number of carbonyl (C=O) groups excluding carboxylic acids is 1. The van der Waals surface area contributed by atoms with Crippen molar-refractivity contribution in [2.24, 2.45) is 0 Å². The number of rotatable bonds is 8. The van der Waals surface area contributed by atoms with Crippen molar-refractivity contribution in [2.75, 3.05) is 19.4 Å². The molecule has 0 aliphatic rings. The third kappa shape index (κ3) is 4.82. The number of methoxy groups -OCH3 is 1. The predicted octanol–water partition coefficient (Wildman–Crippen LogP) is 4.34. The van der Waals surface area contributed by atoms with Gasteiger partial charge in [0.25, 0.3) is 0 Å². The number of hydrogen-bond donors (Lipinski definition) is 1. The lowest BCUT2D eigenvalue weighted by atomic mass is 10.1. The number of hydrogen-bond acceptors (Lipinski definition) is 4. The quantitative estimate of drug-likeness (QED) is 0.600. The molecule has 26 heavy (non-hydrogen) atoms. The Labute approximate surface area is 157 Å². The number of aryl methyl sites for hydroxylation is 1. The van der Waals surface area contributed by atoms with E-state index in [-0.39, 0.29) is 5.91 Å². The van der Waals surface area contributed by atoms with E-state index in [9.17, 15) is 4.79 Å². The molecule has 0 bridgehead atoms. The van der Waals surface area contributed by atoms with Crippen LogP contribution >= 0.6 is 11.8 Å². The van der Waals surface area contributed by atoms with E-state index in [0.717, 1.165) is 33.8 Å². The van der Waals surface area contributed by atoms with Gasteiger partial charge in [0.2, 0.25) is 5.91 Å². The van der Waals surface area contributed by atoms with Crippen molar-refractivity contribution >= 4 is 28.6 Å². The molecular formula is C21H23NO3S. The highest BCUT2D eigenvalue weighted by molar-refractivity contribution is 7.98. The topological polar surface area (TPSA) is 51.5 Å². The second-order valence-corrected chi connectivity index (χ2v) is 7.29. The van der Waals surface area contributed by atoms with Crippen LogP contribution in [0.5, 0.6) is 5.75 Å². The van der Waals surface area contributed by atoms with Crippen molar-refractivity contribution in [1.82, 2.24) is 5.32 Å². The van der Waals surface area contributed by atoms with E-state index >= 15 is 0 Å². The van der Waals surface area contributed by atoms with Crippen LogP contribution in [0.25, 0.3) is 11.0 Å². The summed E-state index contributed by atoms with van der Waals surface area (Å²) in [7, 11) is 1.62. The van der Waals surface area contributed by atoms with Crippen LogP contribution in [0.1, 0.15) is 16.7 Å². The van der Waals surface area contributed by atoms with Gasteiger partial charge in [-0.2, -0.15) is 11.8 Å². The van der Waals surface area contributed by atoms with E-state index in [1.54, 1.807) is 13.4 Å². The van der Waals surface area contributed by atoms with Gasteiger partial charge < -0.3 is 14.5 Å². The molecule has 0 saturated heterocycles. The van der Waals surface area contributed by atoms with Crippen molar-refractivity contribution in [3.05, 3.63) is 65.4 Å². The number of nitrogens with one attached hydrogen (secondary N) is 1. The van der Waals surface area contributed by atoms with Crippen molar-refractivity contribution in [3.63, 3.8) is 0 Å². The normalized spacial score (nSPS) is 10.8. The first-order valence-corrected chi connectivity index (χ1v) is 9.75. The van der Waals surface area contributed by atoms with Crippen LogP contribution in [0.15, 0.2) is 53.1 Å². The van der Waals surface area contributed by atoms with E-state index in [1.807, 2.05) is 30.0 Å². The molecule has 1 aromatic heterocycles. The van der Waals surface area contributed by atoms with Crippen molar-refractivity contribution in [1.29, 1.82) is 0 Å². The van der Waals surface area contributed by atoms with Crippen LogP contribution in [-0.4, -0.2) is 25.3 Å². The first-order chi connectivity index (χ1) is 12.7. The highest BCUT2D eigenvalue weighted by Crippen LogP contribution is 2.25. The van der Waals surface area contributed by atoms with Gasteiger partial charge >= 0.3 is 0 Å². The molecule has 1 amide bonds. The number of ether oxygens (including phenoxy) is 1.